The van der Waals surface area contributed by atoms with Crippen molar-refractivity contribution in [2.24, 2.45) is 0 Å². The van der Waals surface area contributed by atoms with Crippen molar-refractivity contribution in [3.05, 3.63) is 73.5 Å². The molecule has 3 heterocycles. The van der Waals surface area contributed by atoms with E-state index in [0.717, 1.165) is 5.69 Å². The first kappa shape index (κ1) is 21.0. The summed E-state index contributed by atoms with van der Waals surface area (Å²) in [5.74, 6) is 0. The van der Waals surface area contributed by atoms with Crippen molar-refractivity contribution in [3.63, 3.8) is 0 Å². The molecule has 8 nitrogen and oxygen atoms in total. The van der Waals surface area contributed by atoms with E-state index < -0.39 is 11.7 Å². The van der Waals surface area contributed by atoms with E-state index in [2.05, 4.69) is 15.5 Å². The van der Waals surface area contributed by atoms with Crippen LogP contribution in [-0.4, -0.2) is 26.5 Å². The number of carbonyl (C=O) groups excluding carboxylic acids is 1. The number of H-pyrrole nitrogens is 2. The lowest BCUT2D eigenvalue weighted by Gasteiger charge is -2.21. The van der Waals surface area contributed by atoms with Crippen molar-refractivity contribution >= 4 is 23.4 Å². The van der Waals surface area contributed by atoms with Gasteiger partial charge in [0.25, 0.3) is 11.1 Å². The molecule has 9 heteroatoms. The van der Waals surface area contributed by atoms with Crippen molar-refractivity contribution in [1.82, 2.24) is 14.8 Å². The summed E-state index contributed by atoms with van der Waals surface area (Å²) in [5.41, 5.74) is 2.21. The number of hydrogen-bond donors (Lipinski definition) is 3. The number of pyridine rings is 1. The smallest absolute Gasteiger partial charge is 0.412 e. The van der Waals surface area contributed by atoms with Gasteiger partial charge in [-0.1, -0.05) is 11.6 Å². The number of hydrogen-bond acceptors (Lipinski definition) is 4. The van der Waals surface area contributed by atoms with Gasteiger partial charge in [0.05, 0.1) is 17.4 Å². The Morgan fingerprint density at radius 3 is 2.61 bits per heavy atom. The Balaban J connectivity index is 1.72. The van der Waals surface area contributed by atoms with Crippen molar-refractivity contribution in [2.45, 2.75) is 45.3 Å². The molecule has 4 rings (SSSR count). The zero-order valence-corrected chi connectivity index (χ0v) is 18.2. The summed E-state index contributed by atoms with van der Waals surface area (Å²) in [6.45, 7) is 5.35. The Labute approximate surface area is 183 Å². The fourth-order valence-electron chi connectivity index (χ4n) is 3.85. The molecule has 1 aliphatic heterocycles. The summed E-state index contributed by atoms with van der Waals surface area (Å²) in [6.07, 6.45) is 0.784. The van der Waals surface area contributed by atoms with Crippen LogP contribution in [-0.2, 0) is 11.2 Å². The maximum absolute atomic E-state index is 13.0. The normalized spacial score (nSPS) is 15.5. The third kappa shape index (κ3) is 4.44. The standard InChI is InChI=1S/C22H23ClN4O4/c1-22(2,3)31-21(30)24-16-6-4-13(23)10-15(16)12-8-14-5-7-18(27(14)20(29)9-12)17-11-19(28)26-25-17/h4,6,8-11,18H,5,7H2,1-3H3,(H,24,30)(H2,25,26,28). The lowest BCUT2D eigenvalue weighted by molar-refractivity contribution is 0.0636. The number of aromatic amines is 2. The zero-order chi connectivity index (χ0) is 22.3. The summed E-state index contributed by atoms with van der Waals surface area (Å²) in [4.78, 5) is 36.8. The molecule has 0 fully saturated rings. The summed E-state index contributed by atoms with van der Waals surface area (Å²) >= 11 is 6.21. The second kappa shape index (κ2) is 7.77. The predicted octanol–water partition coefficient (Wildman–Crippen LogP) is 4.07. The molecule has 0 saturated carbocycles. The van der Waals surface area contributed by atoms with Gasteiger partial charge in [0, 0.05) is 28.4 Å². The number of ether oxygens (including phenoxy) is 1. The van der Waals surface area contributed by atoms with Gasteiger partial charge in [-0.05, 0) is 63.4 Å². The largest absolute Gasteiger partial charge is 0.444 e. The van der Waals surface area contributed by atoms with Gasteiger partial charge in [-0.3, -0.25) is 20.0 Å². The molecule has 0 aliphatic carbocycles. The molecule has 0 radical (unpaired) electrons. The molecule has 1 unspecified atom stereocenters. The van der Waals surface area contributed by atoms with Crippen LogP contribution in [0.15, 0.2) is 46.0 Å². The predicted molar refractivity (Wildman–Crippen MR) is 119 cm³/mol. The highest BCUT2D eigenvalue weighted by Crippen LogP contribution is 2.34. The minimum absolute atomic E-state index is 0.194. The fraction of sp³-hybridized carbons (Fsp3) is 0.318. The number of fused-ring (bicyclic) bond motifs is 1. The number of nitrogens with zero attached hydrogens (tertiary/aromatic N) is 1. The van der Waals surface area contributed by atoms with E-state index in [1.54, 1.807) is 43.5 Å². The lowest BCUT2D eigenvalue weighted by atomic mass is 10.0. The Kier molecular flexibility index (Phi) is 5.26. The van der Waals surface area contributed by atoms with Gasteiger partial charge < -0.3 is 14.4 Å². The van der Waals surface area contributed by atoms with Crippen molar-refractivity contribution < 1.29 is 9.53 Å². The molecular weight excluding hydrogens is 420 g/mol. The lowest BCUT2D eigenvalue weighted by Crippen LogP contribution is -2.27. The average molecular weight is 443 g/mol. The summed E-state index contributed by atoms with van der Waals surface area (Å²) < 4.78 is 7.03. The number of rotatable bonds is 3. The molecule has 2 aromatic heterocycles. The minimum Gasteiger partial charge on any atom is -0.444 e. The second-order valence-electron chi connectivity index (χ2n) is 8.53. The van der Waals surface area contributed by atoms with Crippen molar-refractivity contribution in [1.29, 1.82) is 0 Å². The number of nitrogens with one attached hydrogen (secondary N) is 3. The number of benzene rings is 1. The minimum atomic E-state index is -0.642. The van der Waals surface area contributed by atoms with E-state index in [9.17, 15) is 14.4 Å². The summed E-state index contributed by atoms with van der Waals surface area (Å²) in [7, 11) is 0. The maximum atomic E-state index is 13.0. The van der Waals surface area contributed by atoms with E-state index in [0.29, 0.717) is 40.4 Å². The molecule has 3 aromatic rings. The number of aromatic nitrogens is 3. The molecule has 0 bridgehead atoms. The second-order valence-corrected chi connectivity index (χ2v) is 8.97. The highest BCUT2D eigenvalue weighted by atomic mass is 35.5. The first-order valence-electron chi connectivity index (χ1n) is 9.94. The quantitative estimate of drug-likeness (QED) is 0.568. The third-order valence-electron chi connectivity index (χ3n) is 5.04. The molecule has 0 spiro atoms. The molecule has 1 aliphatic rings. The molecule has 1 amide bonds. The van der Waals surface area contributed by atoms with Crippen LogP contribution < -0.4 is 16.4 Å². The van der Waals surface area contributed by atoms with E-state index in [1.165, 1.54) is 12.1 Å². The van der Waals surface area contributed by atoms with Gasteiger partial charge in [0.15, 0.2) is 0 Å². The molecule has 0 saturated heterocycles. The Hall–Kier alpha value is -3.26. The van der Waals surface area contributed by atoms with Crippen LogP contribution in [0.2, 0.25) is 5.02 Å². The van der Waals surface area contributed by atoms with Gasteiger partial charge in [-0.25, -0.2) is 4.79 Å². The third-order valence-corrected chi connectivity index (χ3v) is 5.27. The summed E-state index contributed by atoms with van der Waals surface area (Å²) in [6, 6.07) is 9.72. The van der Waals surface area contributed by atoms with Crippen LogP contribution in [0.3, 0.4) is 0 Å². The van der Waals surface area contributed by atoms with Crippen LogP contribution in [0.5, 0.6) is 0 Å². The van der Waals surface area contributed by atoms with Crippen LogP contribution in [0.1, 0.15) is 44.6 Å². The van der Waals surface area contributed by atoms with Gasteiger partial charge in [0.1, 0.15) is 5.60 Å². The Morgan fingerprint density at radius 1 is 1.16 bits per heavy atom. The Morgan fingerprint density at radius 2 is 1.94 bits per heavy atom. The molecule has 1 atom stereocenters. The number of aryl methyl sites for hydroxylation is 1. The van der Waals surface area contributed by atoms with Gasteiger partial charge in [0.2, 0.25) is 0 Å². The molecular formula is C22H23ClN4O4. The number of amides is 1. The molecule has 1 aromatic carbocycles. The van der Waals surface area contributed by atoms with Crippen LogP contribution in [0.25, 0.3) is 11.1 Å². The number of anilines is 1. The van der Waals surface area contributed by atoms with Gasteiger partial charge in [-0.2, -0.15) is 0 Å². The molecule has 31 heavy (non-hydrogen) atoms. The Bertz CT molecular complexity index is 1270. The van der Waals surface area contributed by atoms with E-state index in [1.807, 2.05) is 6.07 Å². The van der Waals surface area contributed by atoms with E-state index in [-0.39, 0.29) is 17.2 Å². The highest BCUT2D eigenvalue weighted by molar-refractivity contribution is 6.31. The van der Waals surface area contributed by atoms with Crippen molar-refractivity contribution in [3.8, 4) is 11.1 Å². The average Bonchev–Trinajstić information content (AvgIpc) is 3.27. The van der Waals surface area contributed by atoms with Gasteiger partial charge >= 0.3 is 6.09 Å². The van der Waals surface area contributed by atoms with Crippen LogP contribution in [0.4, 0.5) is 10.5 Å². The zero-order valence-electron chi connectivity index (χ0n) is 17.4. The first-order chi connectivity index (χ1) is 14.6. The fourth-order valence-corrected chi connectivity index (χ4v) is 4.02. The summed E-state index contributed by atoms with van der Waals surface area (Å²) in [5, 5.41) is 8.59. The number of carbonyl (C=O) groups is 1. The van der Waals surface area contributed by atoms with Crippen LogP contribution >= 0.6 is 11.6 Å². The molecule has 3 N–H and O–H groups in total. The molecule has 162 valence electrons. The maximum Gasteiger partial charge on any atom is 0.412 e. The number of halogens is 1. The van der Waals surface area contributed by atoms with Crippen LogP contribution in [0, 0.1) is 0 Å². The topological polar surface area (TPSA) is 109 Å². The van der Waals surface area contributed by atoms with Gasteiger partial charge in [-0.15, -0.1) is 0 Å². The highest BCUT2D eigenvalue weighted by Gasteiger charge is 2.27. The van der Waals surface area contributed by atoms with Crippen molar-refractivity contribution in [2.75, 3.05) is 5.32 Å². The monoisotopic (exact) mass is 442 g/mol. The van der Waals surface area contributed by atoms with E-state index in [4.69, 9.17) is 16.3 Å². The van der Waals surface area contributed by atoms with E-state index >= 15 is 0 Å². The SMILES string of the molecule is CC(C)(C)OC(=O)Nc1ccc(Cl)cc1-c1cc2n(c(=O)c1)C(c1cc(=O)[nH][nH]1)CC2. The first-order valence-corrected chi connectivity index (χ1v) is 10.3.